The molecule has 0 fully saturated rings. The molecule has 2 rings (SSSR count). The summed E-state index contributed by atoms with van der Waals surface area (Å²) in [5, 5.41) is 22.2. The maximum Gasteiger partial charge on any atom is 0.126 e. The minimum atomic E-state index is -0.442. The summed E-state index contributed by atoms with van der Waals surface area (Å²) in [5.41, 5.74) is 1.79. The molecule has 2 aromatic rings. The molecule has 3 N–H and O–H groups in total. The van der Waals surface area contributed by atoms with Gasteiger partial charge < -0.3 is 15.5 Å². The number of phenolic OH excluding ortho intramolecular Hbond substituents is 2. The van der Waals surface area contributed by atoms with Crippen LogP contribution in [0.1, 0.15) is 24.1 Å². The topological polar surface area (TPSA) is 52.5 Å². The van der Waals surface area contributed by atoms with Gasteiger partial charge in [-0.05, 0) is 43.7 Å². The summed E-state index contributed by atoms with van der Waals surface area (Å²) >= 11 is 0. The highest BCUT2D eigenvalue weighted by molar-refractivity contribution is 5.35. The van der Waals surface area contributed by atoms with Crippen LogP contribution < -0.4 is 5.32 Å². The maximum absolute atomic E-state index is 12.9. The van der Waals surface area contributed by atoms with Gasteiger partial charge in [-0.3, -0.25) is 0 Å². The van der Waals surface area contributed by atoms with Crippen LogP contribution in [0.4, 0.5) is 4.39 Å². The van der Waals surface area contributed by atoms with Gasteiger partial charge in [0, 0.05) is 17.7 Å². The van der Waals surface area contributed by atoms with Crippen molar-refractivity contribution in [3.63, 3.8) is 0 Å². The van der Waals surface area contributed by atoms with Crippen LogP contribution in [0.15, 0.2) is 42.5 Å². The van der Waals surface area contributed by atoms with Crippen LogP contribution in [0.3, 0.4) is 0 Å². The first kappa shape index (κ1) is 14.3. The lowest BCUT2D eigenvalue weighted by molar-refractivity contribution is 0.447. The lowest BCUT2D eigenvalue weighted by atomic mass is 10.1. The molecule has 1 unspecified atom stereocenters. The average molecular weight is 275 g/mol. The molecule has 3 nitrogen and oxygen atoms in total. The Labute approximate surface area is 117 Å². The number of benzene rings is 2. The van der Waals surface area contributed by atoms with E-state index in [-0.39, 0.29) is 17.5 Å². The van der Waals surface area contributed by atoms with Crippen molar-refractivity contribution in [2.45, 2.75) is 19.4 Å². The molecule has 4 heteroatoms. The highest BCUT2D eigenvalue weighted by atomic mass is 19.1. The highest BCUT2D eigenvalue weighted by Gasteiger charge is 2.10. The van der Waals surface area contributed by atoms with Crippen LogP contribution in [0, 0.1) is 5.82 Å². The number of hydrogen-bond acceptors (Lipinski definition) is 3. The van der Waals surface area contributed by atoms with Gasteiger partial charge in [0.1, 0.15) is 17.3 Å². The van der Waals surface area contributed by atoms with E-state index >= 15 is 0 Å². The Hall–Kier alpha value is -2.07. The zero-order valence-corrected chi connectivity index (χ0v) is 11.3. The highest BCUT2D eigenvalue weighted by Crippen LogP contribution is 2.24. The molecular weight excluding hydrogens is 257 g/mol. The molecule has 106 valence electrons. The second-order valence-corrected chi connectivity index (χ2v) is 4.80. The van der Waals surface area contributed by atoms with Crippen LogP contribution in [0.25, 0.3) is 0 Å². The molecule has 0 spiro atoms. The summed E-state index contributed by atoms with van der Waals surface area (Å²) < 4.78 is 12.9. The number of nitrogens with one attached hydrogen (secondary N) is 1. The first-order valence-electron chi connectivity index (χ1n) is 6.56. The monoisotopic (exact) mass is 275 g/mol. The van der Waals surface area contributed by atoms with Crippen molar-refractivity contribution in [1.29, 1.82) is 0 Å². The summed E-state index contributed by atoms with van der Waals surface area (Å²) in [5.74, 6) is -0.219. The van der Waals surface area contributed by atoms with E-state index < -0.39 is 5.82 Å². The van der Waals surface area contributed by atoms with Gasteiger partial charge in [0.05, 0.1) is 0 Å². The molecule has 0 heterocycles. The van der Waals surface area contributed by atoms with Gasteiger partial charge >= 0.3 is 0 Å². The number of aromatic hydroxyl groups is 2. The molecule has 2 aromatic carbocycles. The Morgan fingerprint density at radius 2 is 1.80 bits per heavy atom. The van der Waals surface area contributed by atoms with Crippen LogP contribution in [-0.4, -0.2) is 16.8 Å². The van der Waals surface area contributed by atoms with Crippen LogP contribution in [0.5, 0.6) is 11.5 Å². The number of halogens is 1. The van der Waals surface area contributed by atoms with Gasteiger partial charge in [-0.2, -0.15) is 0 Å². The van der Waals surface area contributed by atoms with E-state index in [2.05, 4.69) is 5.32 Å². The second-order valence-electron chi connectivity index (χ2n) is 4.80. The van der Waals surface area contributed by atoms with Crippen LogP contribution in [0.2, 0.25) is 0 Å². The molecule has 0 saturated heterocycles. The number of hydrogen-bond donors (Lipinski definition) is 3. The predicted octanol–water partition coefficient (Wildman–Crippen LogP) is 3.13. The number of rotatable bonds is 5. The minimum Gasteiger partial charge on any atom is -0.508 e. The van der Waals surface area contributed by atoms with E-state index in [0.29, 0.717) is 5.56 Å². The normalized spacial score (nSPS) is 12.3. The van der Waals surface area contributed by atoms with Gasteiger partial charge in [-0.25, -0.2) is 4.39 Å². The van der Waals surface area contributed by atoms with Gasteiger partial charge in [-0.1, -0.05) is 18.2 Å². The van der Waals surface area contributed by atoms with Crippen molar-refractivity contribution in [2.75, 3.05) is 6.54 Å². The molecular formula is C16H18FNO2. The van der Waals surface area contributed by atoms with Gasteiger partial charge in [0.25, 0.3) is 0 Å². The molecule has 0 aliphatic heterocycles. The fourth-order valence-electron chi connectivity index (χ4n) is 2.09. The molecule has 0 saturated carbocycles. The molecule has 0 bridgehead atoms. The van der Waals surface area contributed by atoms with E-state index in [9.17, 15) is 14.6 Å². The van der Waals surface area contributed by atoms with E-state index in [1.807, 2.05) is 19.1 Å². The molecule has 0 radical (unpaired) electrons. The largest absolute Gasteiger partial charge is 0.508 e. The Kier molecular flexibility index (Phi) is 4.58. The fourth-order valence-corrected chi connectivity index (χ4v) is 2.09. The third-order valence-corrected chi connectivity index (χ3v) is 3.26. The van der Waals surface area contributed by atoms with E-state index in [1.54, 1.807) is 18.2 Å². The Bertz CT molecular complexity index is 569. The van der Waals surface area contributed by atoms with Crippen molar-refractivity contribution >= 4 is 0 Å². The molecule has 0 aliphatic carbocycles. The van der Waals surface area contributed by atoms with Crippen molar-refractivity contribution in [3.8, 4) is 11.5 Å². The van der Waals surface area contributed by atoms with Crippen LogP contribution in [-0.2, 0) is 6.42 Å². The standard InChI is InChI=1S/C16H18FNO2/c1-11(15-7-4-13(17)10-16(15)20)18-9-8-12-2-5-14(19)6-3-12/h2-7,10-11,18-20H,8-9H2,1H3. The smallest absolute Gasteiger partial charge is 0.126 e. The third kappa shape index (κ3) is 3.71. The zero-order chi connectivity index (χ0) is 14.5. The summed E-state index contributed by atoms with van der Waals surface area (Å²) in [4.78, 5) is 0. The van der Waals surface area contributed by atoms with Crippen molar-refractivity contribution < 1.29 is 14.6 Å². The lowest BCUT2D eigenvalue weighted by Gasteiger charge is -2.15. The summed E-state index contributed by atoms with van der Waals surface area (Å²) in [6, 6.07) is 11.0. The molecule has 20 heavy (non-hydrogen) atoms. The maximum atomic E-state index is 12.9. The minimum absolute atomic E-state index is 0.0327. The quantitative estimate of drug-likeness (QED) is 0.785. The van der Waals surface area contributed by atoms with Gasteiger partial charge in [0.15, 0.2) is 0 Å². The first-order chi connectivity index (χ1) is 9.56. The SMILES string of the molecule is CC(NCCc1ccc(O)cc1)c1ccc(F)cc1O. The summed E-state index contributed by atoms with van der Waals surface area (Å²) in [6.45, 7) is 2.65. The van der Waals surface area contributed by atoms with Gasteiger partial charge in [0.2, 0.25) is 0 Å². The van der Waals surface area contributed by atoms with Crippen molar-refractivity contribution in [3.05, 3.63) is 59.4 Å². The predicted molar refractivity (Wildman–Crippen MR) is 76.3 cm³/mol. The van der Waals surface area contributed by atoms with Gasteiger partial charge in [-0.15, -0.1) is 0 Å². The Balaban J connectivity index is 1.88. The van der Waals surface area contributed by atoms with E-state index in [4.69, 9.17) is 0 Å². The Morgan fingerprint density at radius 3 is 2.45 bits per heavy atom. The molecule has 0 amide bonds. The molecule has 0 aromatic heterocycles. The van der Waals surface area contributed by atoms with Crippen molar-refractivity contribution in [1.82, 2.24) is 5.32 Å². The van der Waals surface area contributed by atoms with Crippen LogP contribution >= 0.6 is 0 Å². The van der Waals surface area contributed by atoms with E-state index in [0.717, 1.165) is 24.6 Å². The van der Waals surface area contributed by atoms with E-state index in [1.165, 1.54) is 6.07 Å². The second kappa shape index (κ2) is 6.39. The molecule has 0 aliphatic rings. The van der Waals surface area contributed by atoms with Crippen molar-refractivity contribution in [2.24, 2.45) is 0 Å². The fraction of sp³-hybridized carbons (Fsp3) is 0.250. The Morgan fingerprint density at radius 1 is 1.10 bits per heavy atom. The molecule has 1 atom stereocenters. The summed E-state index contributed by atoms with van der Waals surface area (Å²) in [6.07, 6.45) is 0.812. The third-order valence-electron chi connectivity index (χ3n) is 3.26. The number of phenols is 2. The first-order valence-corrected chi connectivity index (χ1v) is 6.56. The lowest BCUT2D eigenvalue weighted by Crippen LogP contribution is -2.21. The zero-order valence-electron chi connectivity index (χ0n) is 11.3. The average Bonchev–Trinajstić information content (AvgIpc) is 2.41. The summed E-state index contributed by atoms with van der Waals surface area (Å²) in [7, 11) is 0.